The zero-order valence-electron chi connectivity index (χ0n) is 12.1. The predicted molar refractivity (Wildman–Crippen MR) is 75.2 cm³/mol. The zero-order valence-corrected chi connectivity index (χ0v) is 12.1. The summed E-state index contributed by atoms with van der Waals surface area (Å²) in [6.45, 7) is 0. The van der Waals surface area contributed by atoms with Gasteiger partial charge in [-0.05, 0) is 18.2 Å². The molecule has 3 rings (SSSR count). The van der Waals surface area contributed by atoms with Gasteiger partial charge < -0.3 is 14.5 Å². The molecule has 120 valence electrons. The quantitative estimate of drug-likeness (QED) is 0.801. The van der Waals surface area contributed by atoms with Gasteiger partial charge in [-0.1, -0.05) is 0 Å². The second-order valence-electron chi connectivity index (χ2n) is 4.58. The molecule has 0 radical (unpaired) electrons. The number of ether oxygens (including phenoxy) is 2. The summed E-state index contributed by atoms with van der Waals surface area (Å²) in [7, 11) is 2.99. The van der Waals surface area contributed by atoms with E-state index >= 15 is 0 Å². The Hall–Kier alpha value is -2.84. The minimum atomic E-state index is -4.61. The highest BCUT2D eigenvalue weighted by Gasteiger charge is 2.35. The fraction of sp³-hybridized carbons (Fsp3) is 0.214. The third-order valence-electron chi connectivity index (χ3n) is 3.15. The number of methoxy groups -OCH3 is 2. The Bertz CT molecular complexity index is 861. The molecule has 0 fully saturated rings. The number of hydrogen-bond acceptors (Lipinski definition) is 5. The number of benzene rings is 1. The van der Waals surface area contributed by atoms with Gasteiger partial charge in [-0.2, -0.15) is 13.2 Å². The average molecular weight is 324 g/mol. The lowest BCUT2D eigenvalue weighted by molar-refractivity contribution is -0.144. The van der Waals surface area contributed by atoms with Gasteiger partial charge in [-0.15, -0.1) is 0 Å². The molecule has 1 N–H and O–H groups in total. The van der Waals surface area contributed by atoms with Crippen LogP contribution in [0.25, 0.3) is 22.6 Å². The first-order valence-electron chi connectivity index (χ1n) is 6.44. The van der Waals surface area contributed by atoms with Crippen LogP contribution in [0.5, 0.6) is 11.5 Å². The summed E-state index contributed by atoms with van der Waals surface area (Å²) >= 11 is 0. The second-order valence-corrected chi connectivity index (χ2v) is 4.58. The number of rotatable bonds is 3. The molecule has 0 spiro atoms. The number of nitrogens with one attached hydrogen (secondary N) is 1. The number of alkyl halides is 3. The molecular formula is C14H11F3N4O2. The molecule has 0 unspecified atom stereocenters. The molecule has 0 bridgehead atoms. The average Bonchev–Trinajstić information content (AvgIpc) is 2.96. The van der Waals surface area contributed by atoms with Crippen molar-refractivity contribution in [2.24, 2.45) is 0 Å². The lowest BCUT2D eigenvalue weighted by Gasteiger charge is -2.08. The Morgan fingerprint density at radius 2 is 1.78 bits per heavy atom. The van der Waals surface area contributed by atoms with Gasteiger partial charge in [0.05, 0.1) is 20.4 Å². The van der Waals surface area contributed by atoms with Crippen LogP contribution in [0.1, 0.15) is 5.82 Å². The highest BCUT2D eigenvalue weighted by Crippen LogP contribution is 2.32. The third-order valence-corrected chi connectivity index (χ3v) is 3.15. The van der Waals surface area contributed by atoms with Crippen LogP contribution in [0.3, 0.4) is 0 Å². The largest absolute Gasteiger partial charge is 0.493 e. The Kier molecular flexibility index (Phi) is 3.55. The van der Waals surface area contributed by atoms with Crippen LogP contribution in [0.2, 0.25) is 0 Å². The molecule has 1 aromatic carbocycles. The molecule has 0 amide bonds. The summed E-state index contributed by atoms with van der Waals surface area (Å²) in [5.41, 5.74) is 0.870. The molecule has 0 atom stereocenters. The number of halogens is 3. The van der Waals surface area contributed by atoms with Crippen molar-refractivity contribution in [1.29, 1.82) is 0 Å². The minimum absolute atomic E-state index is 0.0582. The van der Waals surface area contributed by atoms with Gasteiger partial charge in [0.2, 0.25) is 5.82 Å². The van der Waals surface area contributed by atoms with Crippen molar-refractivity contribution in [3.63, 3.8) is 0 Å². The van der Waals surface area contributed by atoms with Gasteiger partial charge in [0.15, 0.2) is 17.1 Å². The Balaban J connectivity index is 2.07. The first-order valence-corrected chi connectivity index (χ1v) is 6.44. The van der Waals surface area contributed by atoms with Crippen molar-refractivity contribution in [3.05, 3.63) is 30.2 Å². The third kappa shape index (κ3) is 2.77. The number of aromatic amines is 1. The van der Waals surface area contributed by atoms with Crippen molar-refractivity contribution in [3.8, 4) is 22.9 Å². The van der Waals surface area contributed by atoms with Crippen LogP contribution >= 0.6 is 0 Å². The summed E-state index contributed by atoms with van der Waals surface area (Å²) < 4.78 is 48.2. The first-order chi connectivity index (χ1) is 10.9. The molecule has 2 aromatic heterocycles. The van der Waals surface area contributed by atoms with E-state index in [9.17, 15) is 13.2 Å². The van der Waals surface area contributed by atoms with Gasteiger partial charge in [0.1, 0.15) is 11.3 Å². The monoisotopic (exact) mass is 324 g/mol. The van der Waals surface area contributed by atoms with E-state index in [0.717, 1.165) is 6.20 Å². The fourth-order valence-corrected chi connectivity index (χ4v) is 2.06. The summed E-state index contributed by atoms with van der Waals surface area (Å²) in [6, 6.07) is 5.04. The van der Waals surface area contributed by atoms with E-state index in [1.54, 1.807) is 18.2 Å². The maximum atomic E-state index is 12.6. The number of H-pyrrole nitrogens is 1. The van der Waals surface area contributed by atoms with Gasteiger partial charge in [-0.3, -0.25) is 0 Å². The van der Waals surface area contributed by atoms with Crippen LogP contribution in [0.15, 0.2) is 24.4 Å². The molecule has 23 heavy (non-hydrogen) atoms. The summed E-state index contributed by atoms with van der Waals surface area (Å²) in [5, 5.41) is 0. The molecule has 0 aliphatic carbocycles. The summed E-state index contributed by atoms with van der Waals surface area (Å²) in [5.74, 6) is 0.143. The molecule has 0 aliphatic heterocycles. The molecule has 6 nitrogen and oxygen atoms in total. The van der Waals surface area contributed by atoms with Crippen molar-refractivity contribution in [1.82, 2.24) is 19.9 Å². The lowest BCUT2D eigenvalue weighted by Crippen LogP contribution is -2.10. The van der Waals surface area contributed by atoms with Crippen LogP contribution in [-0.2, 0) is 6.18 Å². The number of hydrogen-bond donors (Lipinski definition) is 1. The lowest BCUT2D eigenvalue weighted by atomic mass is 10.2. The van der Waals surface area contributed by atoms with Gasteiger partial charge >= 0.3 is 6.18 Å². The molecule has 2 heterocycles. The van der Waals surface area contributed by atoms with Crippen molar-refractivity contribution in [2.45, 2.75) is 6.18 Å². The van der Waals surface area contributed by atoms with Crippen LogP contribution in [-0.4, -0.2) is 34.2 Å². The minimum Gasteiger partial charge on any atom is -0.493 e. The number of aromatic nitrogens is 4. The Morgan fingerprint density at radius 3 is 2.43 bits per heavy atom. The van der Waals surface area contributed by atoms with Gasteiger partial charge in [0, 0.05) is 5.56 Å². The Morgan fingerprint density at radius 1 is 1.04 bits per heavy atom. The van der Waals surface area contributed by atoms with Crippen LogP contribution in [0.4, 0.5) is 13.2 Å². The number of fused-ring (bicyclic) bond motifs is 1. The molecule has 3 aromatic rings. The van der Waals surface area contributed by atoms with E-state index in [-0.39, 0.29) is 5.65 Å². The zero-order chi connectivity index (χ0) is 16.6. The Labute approximate surface area is 128 Å². The fourth-order valence-electron chi connectivity index (χ4n) is 2.06. The molecule has 0 saturated heterocycles. The van der Waals surface area contributed by atoms with E-state index < -0.39 is 12.0 Å². The van der Waals surface area contributed by atoms with Crippen molar-refractivity contribution >= 4 is 11.2 Å². The van der Waals surface area contributed by atoms with E-state index in [1.165, 1.54) is 14.2 Å². The normalized spacial score (nSPS) is 11.7. The molecule has 0 aliphatic rings. The van der Waals surface area contributed by atoms with E-state index in [2.05, 4.69) is 19.9 Å². The van der Waals surface area contributed by atoms with Gasteiger partial charge in [0.25, 0.3) is 0 Å². The number of imidazole rings is 1. The first kappa shape index (κ1) is 15.1. The second kappa shape index (κ2) is 5.41. The summed E-state index contributed by atoms with van der Waals surface area (Å²) in [6.07, 6.45) is -3.56. The molecule has 9 heteroatoms. The number of nitrogens with zero attached hydrogens (tertiary/aromatic N) is 3. The van der Waals surface area contributed by atoms with Crippen LogP contribution < -0.4 is 9.47 Å². The molecular weight excluding hydrogens is 313 g/mol. The van der Waals surface area contributed by atoms with Crippen molar-refractivity contribution in [2.75, 3.05) is 14.2 Å². The SMILES string of the molecule is COc1ccc(-c2nc3nc(C(F)(F)F)ncc3[nH]2)cc1OC. The van der Waals surface area contributed by atoms with Gasteiger partial charge in [-0.25, -0.2) is 15.0 Å². The summed E-state index contributed by atoms with van der Waals surface area (Å²) in [4.78, 5) is 13.7. The smallest absolute Gasteiger partial charge is 0.451 e. The van der Waals surface area contributed by atoms with Crippen molar-refractivity contribution < 1.29 is 22.6 Å². The molecule has 0 saturated carbocycles. The van der Waals surface area contributed by atoms with E-state index in [0.29, 0.717) is 28.4 Å². The van der Waals surface area contributed by atoms with Crippen LogP contribution in [0, 0.1) is 0 Å². The highest BCUT2D eigenvalue weighted by atomic mass is 19.4. The topological polar surface area (TPSA) is 72.9 Å². The highest BCUT2D eigenvalue weighted by molar-refractivity contribution is 5.75. The van der Waals surface area contributed by atoms with E-state index in [1.807, 2.05) is 0 Å². The maximum absolute atomic E-state index is 12.6. The van der Waals surface area contributed by atoms with E-state index in [4.69, 9.17) is 9.47 Å². The maximum Gasteiger partial charge on any atom is 0.451 e. The predicted octanol–water partition coefficient (Wildman–Crippen LogP) is 3.06. The standard InChI is InChI=1S/C14H11F3N4O2/c1-22-9-4-3-7(5-10(9)23-2)11-19-8-6-18-13(14(15,16)17)21-12(8)20-11/h3-6H,1-2H3,(H,18,19,20,21).